The molecule has 0 atom stereocenters. The van der Waals surface area contributed by atoms with Gasteiger partial charge in [0.15, 0.2) is 0 Å². The van der Waals surface area contributed by atoms with Gasteiger partial charge in [0.25, 0.3) is 0 Å². The van der Waals surface area contributed by atoms with E-state index >= 15 is 0 Å². The zero-order valence-electron chi connectivity index (χ0n) is 9.71. The first-order chi connectivity index (χ1) is 8.43. The van der Waals surface area contributed by atoms with E-state index in [1.54, 1.807) is 0 Å². The summed E-state index contributed by atoms with van der Waals surface area (Å²) in [7, 11) is 0. The largest absolute Gasteiger partial charge is 0.220 e. The predicted octanol–water partition coefficient (Wildman–Crippen LogP) is 3.22. The molecular formula is C14H15N3. The van der Waals surface area contributed by atoms with Crippen molar-refractivity contribution in [3.8, 4) is 5.69 Å². The van der Waals surface area contributed by atoms with Gasteiger partial charge in [0.2, 0.25) is 0 Å². The molecule has 0 saturated carbocycles. The molecule has 1 aliphatic carbocycles. The molecule has 0 N–H and O–H groups in total. The van der Waals surface area contributed by atoms with Crippen molar-refractivity contribution in [2.24, 2.45) is 0 Å². The minimum Gasteiger partial charge on any atom is -0.220 e. The van der Waals surface area contributed by atoms with Crippen molar-refractivity contribution < 1.29 is 0 Å². The quantitative estimate of drug-likeness (QED) is 0.785. The van der Waals surface area contributed by atoms with Crippen molar-refractivity contribution in [2.45, 2.75) is 25.7 Å². The Bertz CT molecular complexity index is 525. The molecule has 0 saturated heterocycles. The highest BCUT2D eigenvalue weighted by atomic mass is 15.4. The first kappa shape index (κ1) is 10.3. The van der Waals surface area contributed by atoms with Crippen molar-refractivity contribution in [1.82, 2.24) is 15.0 Å². The number of para-hydroxylation sites is 1. The molecule has 3 rings (SSSR count). The van der Waals surface area contributed by atoms with E-state index in [4.69, 9.17) is 0 Å². The Morgan fingerprint density at radius 1 is 1.06 bits per heavy atom. The van der Waals surface area contributed by atoms with Crippen LogP contribution in [-0.4, -0.2) is 15.0 Å². The number of benzene rings is 1. The van der Waals surface area contributed by atoms with Crippen LogP contribution in [0.4, 0.5) is 0 Å². The molecule has 86 valence electrons. The highest BCUT2D eigenvalue weighted by Crippen LogP contribution is 2.25. The molecule has 0 amide bonds. The Kier molecular flexibility index (Phi) is 2.74. The SMILES string of the molecule is C1=C(c2cn(-c3ccccc3)nn2)CCCC1. The highest BCUT2D eigenvalue weighted by molar-refractivity contribution is 5.62. The normalized spacial score (nSPS) is 15.6. The number of aromatic nitrogens is 3. The number of hydrogen-bond donors (Lipinski definition) is 0. The fraction of sp³-hybridized carbons (Fsp3) is 0.286. The minimum absolute atomic E-state index is 1.02. The van der Waals surface area contributed by atoms with Crippen LogP contribution in [0, 0.1) is 0 Å². The third-order valence-electron chi connectivity index (χ3n) is 3.13. The lowest BCUT2D eigenvalue weighted by Gasteiger charge is -2.08. The lowest BCUT2D eigenvalue weighted by Crippen LogP contribution is -1.93. The van der Waals surface area contributed by atoms with Gasteiger partial charge in [-0.1, -0.05) is 29.5 Å². The molecule has 0 fully saturated rings. The zero-order chi connectivity index (χ0) is 11.5. The third-order valence-corrected chi connectivity index (χ3v) is 3.13. The van der Waals surface area contributed by atoms with Crippen LogP contribution in [0.5, 0.6) is 0 Å². The van der Waals surface area contributed by atoms with Crippen LogP contribution in [0.15, 0.2) is 42.6 Å². The van der Waals surface area contributed by atoms with Crippen LogP contribution in [0.3, 0.4) is 0 Å². The Balaban J connectivity index is 1.90. The van der Waals surface area contributed by atoms with Crippen molar-refractivity contribution in [3.05, 3.63) is 48.3 Å². The van der Waals surface area contributed by atoms with Gasteiger partial charge in [0, 0.05) is 0 Å². The summed E-state index contributed by atoms with van der Waals surface area (Å²) in [5.41, 5.74) is 3.43. The molecule has 1 aromatic heterocycles. The zero-order valence-corrected chi connectivity index (χ0v) is 9.71. The molecule has 0 spiro atoms. The molecule has 0 radical (unpaired) electrons. The summed E-state index contributed by atoms with van der Waals surface area (Å²) in [6, 6.07) is 10.1. The summed E-state index contributed by atoms with van der Waals surface area (Å²) in [6.45, 7) is 0. The van der Waals surface area contributed by atoms with Crippen molar-refractivity contribution in [3.63, 3.8) is 0 Å². The molecule has 2 aromatic rings. The minimum atomic E-state index is 1.02. The molecule has 0 unspecified atom stereocenters. The fourth-order valence-electron chi connectivity index (χ4n) is 2.19. The summed E-state index contributed by atoms with van der Waals surface area (Å²) in [4.78, 5) is 0. The van der Waals surface area contributed by atoms with Crippen LogP contribution in [0.2, 0.25) is 0 Å². The maximum Gasteiger partial charge on any atom is 0.109 e. The van der Waals surface area contributed by atoms with Gasteiger partial charge in [-0.15, -0.1) is 5.10 Å². The third kappa shape index (κ3) is 2.13. The number of rotatable bonds is 2. The second-order valence-electron chi connectivity index (χ2n) is 4.36. The maximum absolute atomic E-state index is 4.26. The number of hydrogen-bond acceptors (Lipinski definition) is 2. The van der Waals surface area contributed by atoms with Crippen molar-refractivity contribution >= 4 is 5.57 Å². The van der Waals surface area contributed by atoms with E-state index in [1.807, 2.05) is 41.2 Å². The van der Waals surface area contributed by atoms with E-state index in [0.717, 1.165) is 17.8 Å². The van der Waals surface area contributed by atoms with E-state index in [-0.39, 0.29) is 0 Å². The van der Waals surface area contributed by atoms with Crippen molar-refractivity contribution in [1.29, 1.82) is 0 Å². The average Bonchev–Trinajstić information content (AvgIpc) is 2.90. The van der Waals surface area contributed by atoms with Crippen LogP contribution in [0.1, 0.15) is 31.4 Å². The molecule has 1 aromatic carbocycles. The van der Waals surface area contributed by atoms with Gasteiger partial charge < -0.3 is 0 Å². The van der Waals surface area contributed by atoms with Crippen LogP contribution >= 0.6 is 0 Å². The Hall–Kier alpha value is -1.90. The molecule has 1 aliphatic rings. The molecule has 1 heterocycles. The number of nitrogens with zero attached hydrogens (tertiary/aromatic N) is 3. The van der Waals surface area contributed by atoms with Crippen LogP contribution in [-0.2, 0) is 0 Å². The predicted molar refractivity (Wildman–Crippen MR) is 67.8 cm³/mol. The summed E-state index contributed by atoms with van der Waals surface area (Å²) in [5.74, 6) is 0. The first-order valence-electron chi connectivity index (χ1n) is 6.11. The summed E-state index contributed by atoms with van der Waals surface area (Å²) < 4.78 is 1.84. The van der Waals surface area contributed by atoms with Crippen molar-refractivity contribution in [2.75, 3.05) is 0 Å². The average molecular weight is 225 g/mol. The molecule has 3 nitrogen and oxygen atoms in total. The Morgan fingerprint density at radius 2 is 1.94 bits per heavy atom. The maximum atomic E-state index is 4.26. The second-order valence-corrected chi connectivity index (χ2v) is 4.36. The lowest BCUT2D eigenvalue weighted by atomic mass is 9.98. The summed E-state index contributed by atoms with van der Waals surface area (Å²) in [5, 5.41) is 8.45. The van der Waals surface area contributed by atoms with Gasteiger partial charge in [-0.25, -0.2) is 4.68 Å². The van der Waals surface area contributed by atoms with Gasteiger partial charge in [0.05, 0.1) is 11.9 Å². The van der Waals surface area contributed by atoms with Gasteiger partial charge in [0.1, 0.15) is 5.69 Å². The smallest absolute Gasteiger partial charge is 0.109 e. The van der Waals surface area contributed by atoms with Gasteiger partial charge >= 0.3 is 0 Å². The van der Waals surface area contributed by atoms with Crippen LogP contribution in [0.25, 0.3) is 11.3 Å². The van der Waals surface area contributed by atoms with Crippen LogP contribution < -0.4 is 0 Å². The molecule has 0 bridgehead atoms. The van der Waals surface area contributed by atoms with E-state index in [1.165, 1.54) is 24.8 Å². The highest BCUT2D eigenvalue weighted by Gasteiger charge is 2.10. The first-order valence-corrected chi connectivity index (χ1v) is 6.11. The molecule has 17 heavy (non-hydrogen) atoms. The molecular weight excluding hydrogens is 210 g/mol. The molecule has 3 heteroatoms. The lowest BCUT2D eigenvalue weighted by molar-refractivity contribution is 0.738. The Morgan fingerprint density at radius 3 is 2.71 bits per heavy atom. The van der Waals surface area contributed by atoms with Gasteiger partial charge in [-0.3, -0.25) is 0 Å². The fourth-order valence-corrected chi connectivity index (χ4v) is 2.19. The van der Waals surface area contributed by atoms with E-state index in [2.05, 4.69) is 16.4 Å². The van der Waals surface area contributed by atoms with E-state index in [0.29, 0.717) is 0 Å². The van der Waals surface area contributed by atoms with E-state index in [9.17, 15) is 0 Å². The van der Waals surface area contributed by atoms with E-state index < -0.39 is 0 Å². The topological polar surface area (TPSA) is 30.7 Å². The monoisotopic (exact) mass is 225 g/mol. The van der Waals surface area contributed by atoms with Gasteiger partial charge in [-0.05, 0) is 43.4 Å². The molecule has 0 aliphatic heterocycles. The van der Waals surface area contributed by atoms with Gasteiger partial charge in [-0.2, -0.15) is 0 Å². The second kappa shape index (κ2) is 4.53. The summed E-state index contributed by atoms with van der Waals surface area (Å²) >= 11 is 0. The summed E-state index contributed by atoms with van der Waals surface area (Å²) in [6.07, 6.45) is 9.19. The Labute approximate surface area is 101 Å². The number of allylic oxidation sites excluding steroid dienone is 2. The standard InChI is InChI=1S/C14H15N3/c1-3-7-12(8-4-1)14-11-17(16-15-14)13-9-5-2-6-10-13/h2,5-7,9-11H,1,3-4,8H2.